The minimum absolute atomic E-state index is 0.0410. The van der Waals surface area contributed by atoms with Crippen LogP contribution in [0.3, 0.4) is 0 Å². The Labute approximate surface area is 164 Å². The lowest BCUT2D eigenvalue weighted by molar-refractivity contribution is -0.144. The van der Waals surface area contributed by atoms with Crippen LogP contribution in [0.25, 0.3) is 0 Å². The molecule has 0 bridgehead atoms. The van der Waals surface area contributed by atoms with Crippen LogP contribution < -0.4 is 0 Å². The van der Waals surface area contributed by atoms with E-state index >= 15 is 0 Å². The minimum atomic E-state index is -3.67. The number of carbonyl (C=O) groups excluding carboxylic acids is 2. The van der Waals surface area contributed by atoms with Gasteiger partial charge in [0, 0.05) is 32.6 Å². The molecule has 3 fully saturated rings. The predicted octanol–water partition coefficient (Wildman–Crippen LogP) is 0.875. The number of imide groups is 1. The van der Waals surface area contributed by atoms with E-state index in [9.17, 15) is 18.0 Å². The summed E-state index contributed by atoms with van der Waals surface area (Å²) in [6.07, 6.45) is 3.94. The highest BCUT2D eigenvalue weighted by Gasteiger charge is 2.52. The Bertz CT molecular complexity index is 876. The Balaban J connectivity index is 1.40. The zero-order valence-electron chi connectivity index (χ0n) is 16.3. The molecule has 0 aromatic carbocycles. The van der Waals surface area contributed by atoms with Crippen LogP contribution in [0, 0.1) is 19.3 Å². The predicted molar refractivity (Wildman–Crippen MR) is 98.5 cm³/mol. The van der Waals surface area contributed by atoms with E-state index in [2.05, 4.69) is 5.16 Å². The van der Waals surface area contributed by atoms with Gasteiger partial charge in [0.2, 0.25) is 21.8 Å². The highest BCUT2D eigenvalue weighted by atomic mass is 32.2. The first kappa shape index (κ1) is 19.5. The molecule has 4 rings (SSSR count). The normalized spacial score (nSPS) is 24.0. The van der Waals surface area contributed by atoms with Crippen molar-refractivity contribution in [3.63, 3.8) is 0 Å². The van der Waals surface area contributed by atoms with Gasteiger partial charge in [0.25, 0.3) is 0 Å². The van der Waals surface area contributed by atoms with Gasteiger partial charge < -0.3 is 4.52 Å². The van der Waals surface area contributed by atoms with E-state index in [0.29, 0.717) is 38.3 Å². The maximum absolute atomic E-state index is 12.9. The van der Waals surface area contributed by atoms with Crippen molar-refractivity contribution in [2.24, 2.45) is 5.41 Å². The van der Waals surface area contributed by atoms with Crippen LogP contribution in [0.5, 0.6) is 0 Å². The molecule has 1 aromatic heterocycles. The molecule has 1 saturated carbocycles. The van der Waals surface area contributed by atoms with Crippen LogP contribution >= 0.6 is 0 Å². The highest BCUT2D eigenvalue weighted by Crippen LogP contribution is 2.46. The summed E-state index contributed by atoms with van der Waals surface area (Å²) in [5.74, 6) is 0.147. The molecule has 3 aliphatic rings. The Morgan fingerprint density at radius 3 is 2.29 bits per heavy atom. The molecule has 0 radical (unpaired) electrons. The van der Waals surface area contributed by atoms with Crippen molar-refractivity contribution in [1.29, 1.82) is 0 Å². The average molecular weight is 410 g/mol. The highest BCUT2D eigenvalue weighted by molar-refractivity contribution is 7.89. The molecule has 0 unspecified atom stereocenters. The van der Waals surface area contributed by atoms with Gasteiger partial charge in [-0.05, 0) is 26.7 Å². The van der Waals surface area contributed by atoms with Gasteiger partial charge in [-0.15, -0.1) is 0 Å². The van der Waals surface area contributed by atoms with Crippen molar-refractivity contribution in [2.75, 3.05) is 32.8 Å². The third-order valence-electron chi connectivity index (χ3n) is 6.29. The van der Waals surface area contributed by atoms with Crippen LogP contribution in [0.2, 0.25) is 0 Å². The molecule has 2 aliphatic heterocycles. The number of amides is 2. The van der Waals surface area contributed by atoms with E-state index in [1.165, 1.54) is 9.21 Å². The van der Waals surface area contributed by atoms with Crippen molar-refractivity contribution in [3.8, 4) is 0 Å². The van der Waals surface area contributed by atoms with Gasteiger partial charge in [0.1, 0.15) is 10.6 Å². The van der Waals surface area contributed by atoms with E-state index in [-0.39, 0.29) is 29.1 Å². The van der Waals surface area contributed by atoms with Crippen molar-refractivity contribution in [1.82, 2.24) is 19.3 Å². The van der Waals surface area contributed by atoms with E-state index in [0.717, 1.165) is 25.7 Å². The third kappa shape index (κ3) is 3.07. The van der Waals surface area contributed by atoms with Gasteiger partial charge >= 0.3 is 0 Å². The van der Waals surface area contributed by atoms with Gasteiger partial charge in [-0.3, -0.25) is 19.4 Å². The molecule has 2 saturated heterocycles. The number of likely N-dealkylation sites (tertiary alicyclic amines) is 1. The van der Waals surface area contributed by atoms with Gasteiger partial charge in [0.15, 0.2) is 5.76 Å². The lowest BCUT2D eigenvalue weighted by Crippen LogP contribution is -2.52. The summed E-state index contributed by atoms with van der Waals surface area (Å²) in [5.41, 5.74) is -0.110. The number of piperazine rings is 1. The van der Waals surface area contributed by atoms with Crippen LogP contribution in [0.1, 0.15) is 43.6 Å². The van der Waals surface area contributed by atoms with Crippen molar-refractivity contribution >= 4 is 21.8 Å². The van der Waals surface area contributed by atoms with Crippen molar-refractivity contribution in [2.45, 2.75) is 50.8 Å². The SMILES string of the molecule is Cc1noc(C)c1S(=O)(=O)N1CCN(CN2C(=O)CC3(CCCC3)C2=O)CC1. The molecular formula is C18H26N4O5S. The Morgan fingerprint density at radius 1 is 1.07 bits per heavy atom. The zero-order chi connectivity index (χ0) is 20.1. The van der Waals surface area contributed by atoms with E-state index < -0.39 is 15.4 Å². The van der Waals surface area contributed by atoms with E-state index in [1.807, 2.05) is 4.90 Å². The molecule has 28 heavy (non-hydrogen) atoms. The summed E-state index contributed by atoms with van der Waals surface area (Å²) in [6, 6.07) is 0. The maximum Gasteiger partial charge on any atom is 0.248 e. The molecule has 1 aromatic rings. The number of rotatable bonds is 4. The molecule has 0 atom stereocenters. The smallest absolute Gasteiger partial charge is 0.248 e. The first-order valence-corrected chi connectivity index (χ1v) is 11.2. The number of aryl methyl sites for hydroxylation is 2. The van der Waals surface area contributed by atoms with Gasteiger partial charge in [0.05, 0.1) is 12.1 Å². The summed E-state index contributed by atoms with van der Waals surface area (Å²) >= 11 is 0. The average Bonchev–Trinajstić information content (AvgIpc) is 3.32. The zero-order valence-corrected chi connectivity index (χ0v) is 17.1. The Kier molecular flexibility index (Phi) is 4.83. The summed E-state index contributed by atoms with van der Waals surface area (Å²) in [5, 5.41) is 3.74. The molecule has 154 valence electrons. The van der Waals surface area contributed by atoms with E-state index in [1.54, 1.807) is 13.8 Å². The van der Waals surface area contributed by atoms with Gasteiger partial charge in [-0.25, -0.2) is 8.42 Å². The first-order valence-electron chi connectivity index (χ1n) is 9.75. The Morgan fingerprint density at radius 2 is 1.71 bits per heavy atom. The second kappa shape index (κ2) is 6.93. The Hall–Kier alpha value is -1.78. The summed E-state index contributed by atoms with van der Waals surface area (Å²) in [6.45, 7) is 4.98. The van der Waals surface area contributed by atoms with Gasteiger partial charge in [-0.1, -0.05) is 18.0 Å². The number of hydrogen-bond acceptors (Lipinski definition) is 7. The van der Waals surface area contributed by atoms with E-state index in [4.69, 9.17) is 4.52 Å². The molecule has 1 spiro atoms. The van der Waals surface area contributed by atoms with Crippen LogP contribution in [-0.4, -0.2) is 72.3 Å². The monoisotopic (exact) mass is 410 g/mol. The molecule has 2 amide bonds. The summed E-state index contributed by atoms with van der Waals surface area (Å²) in [4.78, 5) is 28.7. The second-order valence-corrected chi connectivity index (χ2v) is 9.98. The fourth-order valence-corrected chi connectivity index (χ4v) is 6.44. The number of nitrogens with zero attached hydrogens (tertiary/aromatic N) is 4. The quantitative estimate of drug-likeness (QED) is 0.679. The molecule has 10 heteroatoms. The largest absolute Gasteiger partial charge is 0.360 e. The van der Waals surface area contributed by atoms with Crippen LogP contribution in [0.15, 0.2) is 9.42 Å². The molecule has 1 aliphatic carbocycles. The fraction of sp³-hybridized carbons (Fsp3) is 0.722. The minimum Gasteiger partial charge on any atom is -0.360 e. The molecule has 0 N–H and O–H groups in total. The lowest BCUT2D eigenvalue weighted by atomic mass is 9.85. The number of aromatic nitrogens is 1. The third-order valence-corrected chi connectivity index (χ3v) is 8.43. The molecule has 3 heterocycles. The fourth-order valence-electron chi connectivity index (χ4n) is 4.73. The van der Waals surface area contributed by atoms with Crippen molar-refractivity contribution in [3.05, 3.63) is 11.5 Å². The van der Waals surface area contributed by atoms with Crippen LogP contribution in [0.4, 0.5) is 0 Å². The van der Waals surface area contributed by atoms with Crippen molar-refractivity contribution < 1.29 is 22.5 Å². The number of carbonyl (C=O) groups is 2. The summed E-state index contributed by atoms with van der Waals surface area (Å²) < 4.78 is 32.2. The number of hydrogen-bond donors (Lipinski definition) is 0. The van der Waals surface area contributed by atoms with Gasteiger partial charge in [-0.2, -0.15) is 4.31 Å². The topological polar surface area (TPSA) is 104 Å². The van der Waals surface area contributed by atoms with Crippen LogP contribution in [-0.2, 0) is 19.6 Å². The molecule has 9 nitrogen and oxygen atoms in total. The summed E-state index contributed by atoms with van der Waals surface area (Å²) in [7, 11) is -3.67. The lowest BCUT2D eigenvalue weighted by Gasteiger charge is -2.35. The molecular weight excluding hydrogens is 384 g/mol. The standard InChI is InChI=1S/C18H26N4O5S/c1-13-16(14(2)27-19-13)28(25,26)21-9-7-20(8-10-21)12-22-15(23)11-18(17(22)24)5-3-4-6-18/h3-12H2,1-2H3. The second-order valence-electron chi connectivity index (χ2n) is 8.11. The maximum atomic E-state index is 12.9. The first-order chi connectivity index (χ1) is 13.2. The number of sulfonamides is 1.